The van der Waals surface area contributed by atoms with E-state index in [-0.39, 0.29) is 11.3 Å². The first-order valence-corrected chi connectivity index (χ1v) is 3.37. The highest BCUT2D eigenvalue weighted by Gasteiger charge is 2.23. The molecule has 0 fully saturated rings. The summed E-state index contributed by atoms with van der Waals surface area (Å²) in [5, 5.41) is 16.7. The summed E-state index contributed by atoms with van der Waals surface area (Å²) >= 11 is 11.0. The number of allylic oxidation sites excluding steroid dienone is 2. The van der Waals surface area contributed by atoms with Crippen LogP contribution in [0.2, 0.25) is 0 Å². The zero-order chi connectivity index (χ0) is 9.07. The summed E-state index contributed by atoms with van der Waals surface area (Å²) in [6.45, 7) is 1.39. The summed E-state index contributed by atoms with van der Waals surface area (Å²) in [5.41, 5.74) is 4.91. The van der Waals surface area contributed by atoms with Crippen LogP contribution in [0.5, 0.6) is 0 Å². The summed E-state index contributed by atoms with van der Waals surface area (Å²) in [5.74, 6) is 0. The van der Waals surface area contributed by atoms with E-state index in [9.17, 15) is 0 Å². The minimum absolute atomic E-state index is 0.120. The average molecular weight is 190 g/mol. The molecule has 2 N–H and O–H groups in total. The number of nitrogens with zero attached hydrogens (tertiary/aromatic N) is 2. The lowest BCUT2D eigenvalue weighted by atomic mass is 10.2. The fourth-order valence-corrected chi connectivity index (χ4v) is 0.554. The fraction of sp³-hybridized carbons (Fsp3) is 0.333. The third kappa shape index (κ3) is 2.67. The van der Waals surface area contributed by atoms with Crippen LogP contribution in [0.3, 0.4) is 0 Å². The van der Waals surface area contributed by atoms with Gasteiger partial charge in [-0.05, 0) is 6.92 Å². The van der Waals surface area contributed by atoms with Gasteiger partial charge in [-0.3, -0.25) is 0 Å². The molecule has 0 radical (unpaired) electrons. The van der Waals surface area contributed by atoms with E-state index >= 15 is 0 Å². The molecule has 0 atom stereocenters. The molecular formula is C6H5Cl2N3. The number of hydrogen-bond donors (Lipinski definition) is 1. The van der Waals surface area contributed by atoms with E-state index in [2.05, 4.69) is 0 Å². The number of alkyl halides is 2. The highest BCUT2D eigenvalue weighted by molar-refractivity contribution is 6.50. The van der Waals surface area contributed by atoms with Gasteiger partial charge in [0.1, 0.15) is 12.1 Å². The molecule has 0 saturated heterocycles. The Morgan fingerprint density at radius 1 is 1.36 bits per heavy atom. The smallest absolute Gasteiger partial charge is 0.156 e. The molecule has 0 spiro atoms. The molecule has 3 nitrogen and oxygen atoms in total. The lowest BCUT2D eigenvalue weighted by Gasteiger charge is -2.12. The molecule has 0 heterocycles. The molecular weight excluding hydrogens is 185 g/mol. The monoisotopic (exact) mass is 189 g/mol. The SMILES string of the molecule is CC(Cl)(Cl)C(N)=C(C#N)C#N. The molecule has 0 unspecified atom stereocenters. The van der Waals surface area contributed by atoms with Crippen LogP contribution in [0.25, 0.3) is 0 Å². The van der Waals surface area contributed by atoms with Gasteiger partial charge in [-0.15, -0.1) is 0 Å². The topological polar surface area (TPSA) is 73.6 Å². The first kappa shape index (κ1) is 10.1. The van der Waals surface area contributed by atoms with Crippen molar-refractivity contribution in [1.29, 1.82) is 10.5 Å². The standard InChI is InChI=1S/C6H5Cl2N3/c1-6(7,8)5(11)4(2-9)3-10/h11H2,1H3. The average Bonchev–Trinajstić information content (AvgIpc) is 1.88. The molecule has 0 aliphatic carbocycles. The molecule has 0 amide bonds. The van der Waals surface area contributed by atoms with Gasteiger partial charge in [0.2, 0.25) is 0 Å². The van der Waals surface area contributed by atoms with Crippen molar-refractivity contribution >= 4 is 23.2 Å². The number of halogens is 2. The van der Waals surface area contributed by atoms with Crippen molar-refractivity contribution in [2.75, 3.05) is 0 Å². The van der Waals surface area contributed by atoms with E-state index in [0.29, 0.717) is 0 Å². The molecule has 5 heteroatoms. The Hall–Kier alpha value is -0.900. The molecule has 11 heavy (non-hydrogen) atoms. The minimum Gasteiger partial charge on any atom is -0.398 e. The van der Waals surface area contributed by atoms with Gasteiger partial charge >= 0.3 is 0 Å². The molecule has 0 rings (SSSR count). The van der Waals surface area contributed by atoms with E-state index in [0.717, 1.165) is 0 Å². The lowest BCUT2D eigenvalue weighted by Crippen LogP contribution is -2.20. The largest absolute Gasteiger partial charge is 0.398 e. The normalized spacial score (nSPS) is 9.55. The van der Waals surface area contributed by atoms with Gasteiger partial charge in [0.25, 0.3) is 0 Å². The van der Waals surface area contributed by atoms with Crippen LogP contribution < -0.4 is 5.73 Å². The zero-order valence-electron chi connectivity index (χ0n) is 5.73. The maximum atomic E-state index is 8.33. The van der Waals surface area contributed by atoms with Crippen LogP contribution in [-0.4, -0.2) is 4.33 Å². The van der Waals surface area contributed by atoms with Crippen molar-refractivity contribution in [3.05, 3.63) is 11.3 Å². The summed E-state index contributed by atoms with van der Waals surface area (Å²) in [6.07, 6.45) is 0. The van der Waals surface area contributed by atoms with Crippen molar-refractivity contribution in [2.24, 2.45) is 5.73 Å². The van der Waals surface area contributed by atoms with Gasteiger partial charge in [0.05, 0.1) is 5.70 Å². The zero-order valence-corrected chi connectivity index (χ0v) is 7.24. The van der Waals surface area contributed by atoms with Gasteiger partial charge in [-0.2, -0.15) is 10.5 Å². The highest BCUT2D eigenvalue weighted by atomic mass is 35.5. The molecule has 0 aliphatic rings. The van der Waals surface area contributed by atoms with E-state index in [1.54, 1.807) is 12.1 Å². The number of nitrogens with two attached hydrogens (primary N) is 1. The van der Waals surface area contributed by atoms with E-state index < -0.39 is 4.33 Å². The maximum absolute atomic E-state index is 8.33. The van der Waals surface area contributed by atoms with Gasteiger partial charge in [-0.1, -0.05) is 23.2 Å². The Morgan fingerprint density at radius 3 is 1.82 bits per heavy atom. The third-order valence-electron chi connectivity index (χ3n) is 0.966. The minimum atomic E-state index is -1.36. The van der Waals surface area contributed by atoms with Gasteiger partial charge in [-0.25, -0.2) is 0 Å². The molecule has 0 bridgehead atoms. The third-order valence-corrected chi connectivity index (χ3v) is 1.37. The van der Waals surface area contributed by atoms with Gasteiger partial charge in [0, 0.05) is 0 Å². The number of rotatable bonds is 1. The molecule has 0 saturated carbocycles. The summed E-state index contributed by atoms with van der Waals surface area (Å²) in [4.78, 5) is 0. The molecule has 0 aromatic rings. The van der Waals surface area contributed by atoms with E-state index in [1.165, 1.54) is 6.92 Å². The highest BCUT2D eigenvalue weighted by Crippen LogP contribution is 2.27. The molecule has 0 aromatic carbocycles. The predicted octanol–water partition coefficient (Wildman–Crippen LogP) is 1.44. The Balaban J connectivity index is 5.01. The Kier molecular flexibility index (Phi) is 3.19. The van der Waals surface area contributed by atoms with Crippen LogP contribution in [0.1, 0.15) is 6.92 Å². The Labute approximate surface area is 74.6 Å². The molecule has 0 aromatic heterocycles. The second-order valence-corrected chi connectivity index (χ2v) is 3.61. The van der Waals surface area contributed by atoms with Crippen molar-refractivity contribution in [3.8, 4) is 12.1 Å². The van der Waals surface area contributed by atoms with Crippen molar-refractivity contribution in [3.63, 3.8) is 0 Å². The van der Waals surface area contributed by atoms with E-state index in [1.807, 2.05) is 0 Å². The van der Waals surface area contributed by atoms with Crippen molar-refractivity contribution in [1.82, 2.24) is 0 Å². The van der Waals surface area contributed by atoms with Crippen molar-refractivity contribution in [2.45, 2.75) is 11.3 Å². The quantitative estimate of drug-likeness (QED) is 0.502. The summed E-state index contributed by atoms with van der Waals surface area (Å²) in [7, 11) is 0. The van der Waals surface area contributed by atoms with Crippen molar-refractivity contribution < 1.29 is 0 Å². The summed E-state index contributed by atoms with van der Waals surface area (Å²) < 4.78 is -1.36. The maximum Gasteiger partial charge on any atom is 0.156 e. The fourth-order valence-electron chi connectivity index (χ4n) is 0.365. The van der Waals surface area contributed by atoms with Crippen LogP contribution >= 0.6 is 23.2 Å². The lowest BCUT2D eigenvalue weighted by molar-refractivity contribution is 0.981. The first-order valence-electron chi connectivity index (χ1n) is 2.61. The Bertz CT molecular complexity index is 245. The van der Waals surface area contributed by atoms with Gasteiger partial charge < -0.3 is 5.73 Å². The van der Waals surface area contributed by atoms with Crippen LogP contribution in [-0.2, 0) is 0 Å². The first-order chi connectivity index (χ1) is 4.93. The molecule has 58 valence electrons. The number of nitriles is 2. The predicted molar refractivity (Wildman–Crippen MR) is 42.6 cm³/mol. The van der Waals surface area contributed by atoms with Crippen LogP contribution in [0, 0.1) is 22.7 Å². The van der Waals surface area contributed by atoms with Gasteiger partial charge in [0.15, 0.2) is 9.91 Å². The second-order valence-electron chi connectivity index (χ2n) is 1.90. The number of hydrogen-bond acceptors (Lipinski definition) is 3. The Morgan fingerprint density at radius 2 is 1.73 bits per heavy atom. The van der Waals surface area contributed by atoms with E-state index in [4.69, 9.17) is 39.5 Å². The van der Waals surface area contributed by atoms with Crippen LogP contribution in [0.4, 0.5) is 0 Å². The summed E-state index contributed by atoms with van der Waals surface area (Å²) in [6, 6.07) is 3.17. The molecule has 0 aliphatic heterocycles. The van der Waals surface area contributed by atoms with Crippen LogP contribution in [0.15, 0.2) is 11.3 Å². The second kappa shape index (κ2) is 3.48.